The Morgan fingerprint density at radius 2 is 1.05 bits per heavy atom. The van der Waals surface area contributed by atoms with E-state index < -0.39 is 0 Å². The molecule has 3 heteroatoms. The summed E-state index contributed by atoms with van der Waals surface area (Å²) in [5.41, 5.74) is 6.22. The molecule has 0 spiro atoms. The van der Waals surface area contributed by atoms with E-state index in [1.54, 1.807) is 0 Å². The van der Waals surface area contributed by atoms with Crippen molar-refractivity contribution in [2.24, 2.45) is 0 Å². The molecular formula is C36H21NS2. The topological polar surface area (TPSA) is 4.93 Å². The molecule has 0 unspecified atom stereocenters. The van der Waals surface area contributed by atoms with Crippen molar-refractivity contribution in [2.75, 3.05) is 0 Å². The van der Waals surface area contributed by atoms with Crippen LogP contribution in [0.2, 0.25) is 0 Å². The summed E-state index contributed by atoms with van der Waals surface area (Å²) in [4.78, 5) is 0. The number of fused-ring (bicyclic) bond motifs is 10. The standard InChI is InChI=1S/C36H21NS2/c1-4-13-30-25(8-1)26-9-2-5-14-31(26)37(30)23-18-16-22(17-19-23)24-11-7-12-27-28-20-21-33-34(36(28)39-35(24)27)29-10-3-6-15-32(29)38-33/h1-21H. The van der Waals surface area contributed by atoms with E-state index in [-0.39, 0.29) is 0 Å². The molecule has 6 aromatic carbocycles. The van der Waals surface area contributed by atoms with E-state index in [1.807, 2.05) is 22.7 Å². The zero-order chi connectivity index (χ0) is 25.5. The third kappa shape index (κ3) is 3.00. The molecule has 0 bridgehead atoms. The third-order valence-corrected chi connectivity index (χ3v) is 10.4. The normalized spacial score (nSPS) is 12.1. The molecule has 0 fully saturated rings. The molecule has 9 rings (SSSR count). The van der Waals surface area contributed by atoms with Crippen molar-refractivity contribution in [1.82, 2.24) is 4.57 Å². The van der Waals surface area contributed by atoms with Crippen LogP contribution in [0.25, 0.3) is 79.0 Å². The molecule has 0 aliphatic heterocycles. The predicted molar refractivity (Wildman–Crippen MR) is 172 cm³/mol. The molecule has 0 saturated heterocycles. The van der Waals surface area contributed by atoms with E-state index in [9.17, 15) is 0 Å². The molecule has 0 N–H and O–H groups in total. The van der Waals surface area contributed by atoms with Crippen LogP contribution in [0.1, 0.15) is 0 Å². The fourth-order valence-corrected chi connectivity index (χ4v) is 8.86. The predicted octanol–water partition coefficient (Wildman–Crippen LogP) is 11.2. The van der Waals surface area contributed by atoms with Gasteiger partial charge in [-0.25, -0.2) is 0 Å². The Balaban J connectivity index is 1.25. The minimum Gasteiger partial charge on any atom is -0.309 e. The molecule has 0 saturated carbocycles. The molecule has 0 aliphatic carbocycles. The molecule has 1 nitrogen and oxygen atoms in total. The molecule has 39 heavy (non-hydrogen) atoms. The Labute approximate surface area is 232 Å². The van der Waals surface area contributed by atoms with Crippen molar-refractivity contribution >= 4 is 84.8 Å². The van der Waals surface area contributed by atoms with E-state index >= 15 is 0 Å². The number of aromatic nitrogens is 1. The maximum atomic E-state index is 2.38. The highest BCUT2D eigenvalue weighted by Crippen LogP contribution is 2.46. The number of benzene rings is 6. The Morgan fingerprint density at radius 1 is 0.410 bits per heavy atom. The summed E-state index contributed by atoms with van der Waals surface area (Å²) in [6.07, 6.45) is 0. The second kappa shape index (κ2) is 8.03. The maximum absolute atomic E-state index is 2.38. The van der Waals surface area contributed by atoms with Crippen molar-refractivity contribution in [2.45, 2.75) is 0 Å². The van der Waals surface area contributed by atoms with Gasteiger partial charge in [0.05, 0.1) is 11.0 Å². The highest BCUT2D eigenvalue weighted by molar-refractivity contribution is 7.30. The van der Waals surface area contributed by atoms with Crippen LogP contribution in [-0.2, 0) is 0 Å². The lowest BCUT2D eigenvalue weighted by atomic mass is 10.0. The lowest BCUT2D eigenvalue weighted by Crippen LogP contribution is -1.93. The Bertz CT molecular complexity index is 2330. The number of rotatable bonds is 2. The Morgan fingerprint density at radius 3 is 1.82 bits per heavy atom. The van der Waals surface area contributed by atoms with Gasteiger partial charge in [0.25, 0.3) is 0 Å². The fraction of sp³-hybridized carbons (Fsp3) is 0. The second-order valence-electron chi connectivity index (χ2n) is 10.1. The molecule has 0 atom stereocenters. The average molecular weight is 532 g/mol. The van der Waals surface area contributed by atoms with Crippen LogP contribution in [0.5, 0.6) is 0 Å². The minimum absolute atomic E-state index is 1.19. The Kier molecular flexibility index (Phi) is 4.43. The highest BCUT2D eigenvalue weighted by Gasteiger charge is 2.16. The van der Waals surface area contributed by atoms with Crippen LogP contribution in [0.15, 0.2) is 127 Å². The summed E-state index contributed by atoms with van der Waals surface area (Å²) >= 11 is 3.83. The van der Waals surface area contributed by atoms with Crippen LogP contribution in [0.4, 0.5) is 0 Å². The molecule has 9 aromatic rings. The Hall–Kier alpha value is -4.44. The van der Waals surface area contributed by atoms with E-state index in [0.717, 1.165) is 0 Å². The molecular weight excluding hydrogens is 511 g/mol. The lowest BCUT2D eigenvalue weighted by molar-refractivity contribution is 1.18. The van der Waals surface area contributed by atoms with Gasteiger partial charge in [-0.15, -0.1) is 22.7 Å². The van der Waals surface area contributed by atoms with Gasteiger partial charge in [-0.2, -0.15) is 0 Å². The highest BCUT2D eigenvalue weighted by atomic mass is 32.1. The quantitative estimate of drug-likeness (QED) is 0.209. The first-order valence-electron chi connectivity index (χ1n) is 13.2. The van der Waals surface area contributed by atoms with Gasteiger partial charge in [-0.3, -0.25) is 0 Å². The second-order valence-corrected chi connectivity index (χ2v) is 12.2. The minimum atomic E-state index is 1.19. The maximum Gasteiger partial charge on any atom is 0.0541 e. The number of hydrogen-bond acceptors (Lipinski definition) is 2. The number of hydrogen-bond donors (Lipinski definition) is 0. The van der Waals surface area contributed by atoms with Crippen molar-refractivity contribution in [1.29, 1.82) is 0 Å². The van der Waals surface area contributed by atoms with Gasteiger partial charge in [0.2, 0.25) is 0 Å². The van der Waals surface area contributed by atoms with Gasteiger partial charge >= 0.3 is 0 Å². The summed E-state index contributed by atoms with van der Waals surface area (Å²) in [6.45, 7) is 0. The van der Waals surface area contributed by atoms with Crippen LogP contribution in [0, 0.1) is 0 Å². The lowest BCUT2D eigenvalue weighted by Gasteiger charge is -2.10. The third-order valence-electron chi connectivity index (χ3n) is 8.02. The molecule has 0 amide bonds. The van der Waals surface area contributed by atoms with E-state index in [2.05, 4.69) is 132 Å². The van der Waals surface area contributed by atoms with Crippen LogP contribution in [-0.4, -0.2) is 4.57 Å². The molecule has 3 aromatic heterocycles. The first kappa shape index (κ1) is 21.5. The van der Waals surface area contributed by atoms with Crippen LogP contribution in [0.3, 0.4) is 0 Å². The van der Waals surface area contributed by atoms with Gasteiger partial charge in [-0.1, -0.05) is 91.0 Å². The number of para-hydroxylation sites is 2. The van der Waals surface area contributed by atoms with E-state index in [4.69, 9.17) is 0 Å². The zero-order valence-electron chi connectivity index (χ0n) is 20.9. The van der Waals surface area contributed by atoms with Gasteiger partial charge in [-0.05, 0) is 47.5 Å². The van der Waals surface area contributed by atoms with E-state index in [1.165, 1.54) is 79.0 Å². The average Bonchev–Trinajstić information content (AvgIpc) is 3.66. The van der Waals surface area contributed by atoms with Gasteiger partial charge in [0.15, 0.2) is 0 Å². The molecule has 3 heterocycles. The summed E-state index contributed by atoms with van der Waals surface area (Å²) in [5.74, 6) is 0. The first-order chi connectivity index (χ1) is 19.3. The molecule has 0 radical (unpaired) electrons. The van der Waals surface area contributed by atoms with E-state index in [0.29, 0.717) is 0 Å². The summed E-state index contributed by atoms with van der Waals surface area (Å²) in [6, 6.07) is 46.7. The smallest absolute Gasteiger partial charge is 0.0541 e. The summed E-state index contributed by atoms with van der Waals surface area (Å²) < 4.78 is 7.87. The van der Waals surface area contributed by atoms with Gasteiger partial charge in [0, 0.05) is 56.8 Å². The number of nitrogens with zero attached hydrogens (tertiary/aromatic N) is 1. The summed E-state index contributed by atoms with van der Waals surface area (Å²) in [7, 11) is 0. The van der Waals surface area contributed by atoms with Crippen molar-refractivity contribution < 1.29 is 0 Å². The van der Waals surface area contributed by atoms with Crippen LogP contribution < -0.4 is 0 Å². The van der Waals surface area contributed by atoms with Crippen LogP contribution >= 0.6 is 22.7 Å². The molecule has 182 valence electrons. The largest absolute Gasteiger partial charge is 0.309 e. The van der Waals surface area contributed by atoms with Crippen molar-refractivity contribution in [3.63, 3.8) is 0 Å². The fourth-order valence-electron chi connectivity index (χ4n) is 6.28. The van der Waals surface area contributed by atoms with Gasteiger partial charge in [0.1, 0.15) is 0 Å². The monoisotopic (exact) mass is 531 g/mol. The zero-order valence-corrected chi connectivity index (χ0v) is 22.5. The van der Waals surface area contributed by atoms with Crippen molar-refractivity contribution in [3.05, 3.63) is 127 Å². The SMILES string of the molecule is c1ccc2c(c1)sc1ccc3c4cccc(-c5ccc(-n6c7ccccc7c7ccccc76)cc5)c4sc3c12. The first-order valence-corrected chi connectivity index (χ1v) is 14.8. The number of thiophene rings is 2. The molecule has 0 aliphatic rings. The van der Waals surface area contributed by atoms with Crippen molar-refractivity contribution in [3.8, 4) is 16.8 Å². The summed E-state index contributed by atoms with van der Waals surface area (Å²) in [5, 5.41) is 8.05. The van der Waals surface area contributed by atoms with Gasteiger partial charge < -0.3 is 4.57 Å².